The van der Waals surface area contributed by atoms with Crippen LogP contribution in [0.5, 0.6) is 0 Å². The van der Waals surface area contributed by atoms with Gasteiger partial charge in [-0.05, 0) is 17.5 Å². The van der Waals surface area contributed by atoms with Gasteiger partial charge in [0.05, 0.1) is 6.04 Å². The predicted octanol–water partition coefficient (Wildman–Crippen LogP) is 2.47. The topological polar surface area (TPSA) is 23.6 Å². The molecule has 2 aliphatic heterocycles. The third-order valence-electron chi connectivity index (χ3n) is 4.50. The molecule has 0 N–H and O–H groups in total. The number of benzene rings is 1. The second kappa shape index (κ2) is 4.88. The molecule has 1 atom stereocenters. The Morgan fingerprint density at radius 1 is 1.15 bits per heavy atom. The molecule has 2 aliphatic rings. The van der Waals surface area contributed by atoms with Gasteiger partial charge in [0.25, 0.3) is 0 Å². The van der Waals surface area contributed by atoms with Crippen molar-refractivity contribution in [2.75, 3.05) is 26.2 Å². The second-order valence-corrected chi connectivity index (χ2v) is 7.00. The van der Waals surface area contributed by atoms with Crippen LogP contribution < -0.4 is 0 Å². The fraction of sp³-hybridized carbons (Fsp3) is 0.588. The van der Waals surface area contributed by atoms with Crippen LogP contribution in [0.2, 0.25) is 0 Å². The van der Waals surface area contributed by atoms with E-state index in [9.17, 15) is 4.79 Å². The van der Waals surface area contributed by atoms with Crippen molar-refractivity contribution in [1.82, 2.24) is 9.80 Å². The first kappa shape index (κ1) is 13.6. The van der Waals surface area contributed by atoms with Gasteiger partial charge in [-0.15, -0.1) is 0 Å². The Hall–Kier alpha value is -1.35. The Labute approximate surface area is 121 Å². The van der Waals surface area contributed by atoms with E-state index in [1.54, 1.807) is 0 Å². The maximum absolute atomic E-state index is 12.5. The molecule has 0 radical (unpaired) electrons. The van der Waals surface area contributed by atoms with Gasteiger partial charge >= 0.3 is 0 Å². The van der Waals surface area contributed by atoms with Crippen LogP contribution in [0.4, 0.5) is 0 Å². The summed E-state index contributed by atoms with van der Waals surface area (Å²) in [5.41, 5.74) is 2.60. The third-order valence-corrected chi connectivity index (χ3v) is 4.50. The Bertz CT molecular complexity index is 518. The second-order valence-electron chi connectivity index (χ2n) is 7.00. The summed E-state index contributed by atoms with van der Waals surface area (Å²) < 4.78 is 0. The molecule has 3 nitrogen and oxygen atoms in total. The zero-order valence-electron chi connectivity index (χ0n) is 12.7. The molecular formula is C17H24N2O. The zero-order chi connectivity index (χ0) is 14.3. The summed E-state index contributed by atoms with van der Waals surface area (Å²) in [7, 11) is 0. The van der Waals surface area contributed by atoms with Crippen LogP contribution in [0.15, 0.2) is 24.3 Å². The number of hydrogen-bond acceptors (Lipinski definition) is 2. The molecule has 0 spiro atoms. The Morgan fingerprint density at radius 3 is 2.65 bits per heavy atom. The SMILES string of the molecule is CC(C)(C)C(=O)N1CCN2CCc3ccccc3C2C1. The number of piperazine rings is 1. The highest BCUT2D eigenvalue weighted by atomic mass is 16.2. The Kier molecular flexibility index (Phi) is 3.33. The first-order valence-electron chi connectivity index (χ1n) is 7.58. The molecule has 108 valence electrons. The highest BCUT2D eigenvalue weighted by Gasteiger charge is 2.36. The number of carbonyl (C=O) groups is 1. The fourth-order valence-electron chi connectivity index (χ4n) is 3.39. The number of nitrogens with zero attached hydrogens (tertiary/aromatic N) is 2. The summed E-state index contributed by atoms with van der Waals surface area (Å²) in [6.07, 6.45) is 1.14. The smallest absolute Gasteiger partial charge is 0.228 e. The number of fused-ring (bicyclic) bond motifs is 3. The molecule has 0 bridgehead atoms. The minimum atomic E-state index is -0.281. The molecule has 1 saturated heterocycles. The molecule has 3 rings (SSSR count). The normalized spacial score (nSPS) is 23.1. The molecule has 0 aliphatic carbocycles. The average Bonchev–Trinajstić information content (AvgIpc) is 2.45. The third kappa shape index (κ3) is 2.35. The first-order valence-corrected chi connectivity index (χ1v) is 7.58. The number of carbonyl (C=O) groups excluding carboxylic acids is 1. The zero-order valence-corrected chi connectivity index (χ0v) is 12.7. The van der Waals surface area contributed by atoms with Gasteiger partial charge in [0.2, 0.25) is 5.91 Å². The number of rotatable bonds is 0. The lowest BCUT2D eigenvalue weighted by molar-refractivity contribution is -0.142. The van der Waals surface area contributed by atoms with E-state index in [0.29, 0.717) is 6.04 Å². The van der Waals surface area contributed by atoms with E-state index in [1.165, 1.54) is 11.1 Å². The van der Waals surface area contributed by atoms with E-state index in [4.69, 9.17) is 0 Å². The average molecular weight is 272 g/mol. The van der Waals surface area contributed by atoms with Crippen molar-refractivity contribution in [3.63, 3.8) is 0 Å². The van der Waals surface area contributed by atoms with Crippen LogP contribution in [0.1, 0.15) is 37.9 Å². The van der Waals surface area contributed by atoms with Crippen molar-refractivity contribution in [2.24, 2.45) is 5.41 Å². The minimum absolute atomic E-state index is 0.278. The van der Waals surface area contributed by atoms with Crippen molar-refractivity contribution >= 4 is 5.91 Å². The lowest BCUT2D eigenvalue weighted by Gasteiger charge is -2.46. The van der Waals surface area contributed by atoms with Gasteiger partial charge in [0.1, 0.15) is 0 Å². The molecular weight excluding hydrogens is 248 g/mol. The quantitative estimate of drug-likeness (QED) is 0.724. The maximum atomic E-state index is 12.5. The van der Waals surface area contributed by atoms with Gasteiger partial charge < -0.3 is 4.90 Å². The number of hydrogen-bond donors (Lipinski definition) is 0. The maximum Gasteiger partial charge on any atom is 0.228 e. The van der Waals surface area contributed by atoms with Crippen molar-refractivity contribution in [1.29, 1.82) is 0 Å². The summed E-state index contributed by atoms with van der Waals surface area (Å²) in [4.78, 5) is 17.1. The standard InChI is InChI=1S/C17H24N2O/c1-17(2,3)16(20)19-11-10-18-9-8-13-6-4-5-7-14(13)15(18)12-19/h4-7,15H,8-12H2,1-3H3. The summed E-state index contributed by atoms with van der Waals surface area (Å²) in [6, 6.07) is 9.09. The van der Waals surface area contributed by atoms with Crippen LogP contribution in [-0.2, 0) is 11.2 Å². The van der Waals surface area contributed by atoms with E-state index < -0.39 is 0 Å². The van der Waals surface area contributed by atoms with Gasteiger partial charge in [-0.3, -0.25) is 9.69 Å². The van der Waals surface area contributed by atoms with Gasteiger partial charge in [-0.2, -0.15) is 0 Å². The summed E-state index contributed by atoms with van der Waals surface area (Å²) in [6.45, 7) is 9.87. The van der Waals surface area contributed by atoms with Gasteiger partial charge in [-0.25, -0.2) is 0 Å². The van der Waals surface area contributed by atoms with Crippen LogP contribution in [0.25, 0.3) is 0 Å². The minimum Gasteiger partial charge on any atom is -0.339 e. The van der Waals surface area contributed by atoms with Gasteiger partial charge in [-0.1, -0.05) is 45.0 Å². The Balaban J connectivity index is 1.84. The monoisotopic (exact) mass is 272 g/mol. The van der Waals surface area contributed by atoms with E-state index in [-0.39, 0.29) is 11.3 Å². The molecule has 20 heavy (non-hydrogen) atoms. The molecule has 1 aromatic carbocycles. The number of amides is 1. The molecule has 0 aromatic heterocycles. The fourth-order valence-corrected chi connectivity index (χ4v) is 3.39. The van der Waals surface area contributed by atoms with E-state index in [0.717, 1.165) is 32.6 Å². The van der Waals surface area contributed by atoms with Crippen LogP contribution in [0.3, 0.4) is 0 Å². The van der Waals surface area contributed by atoms with Crippen molar-refractivity contribution < 1.29 is 4.79 Å². The highest BCUT2D eigenvalue weighted by molar-refractivity contribution is 5.81. The van der Waals surface area contributed by atoms with Crippen molar-refractivity contribution in [3.05, 3.63) is 35.4 Å². The lowest BCUT2D eigenvalue weighted by atomic mass is 9.89. The molecule has 0 saturated carbocycles. The largest absolute Gasteiger partial charge is 0.339 e. The van der Waals surface area contributed by atoms with Crippen LogP contribution in [-0.4, -0.2) is 41.9 Å². The van der Waals surface area contributed by atoms with Crippen LogP contribution in [0, 0.1) is 5.41 Å². The van der Waals surface area contributed by atoms with Crippen molar-refractivity contribution in [3.8, 4) is 0 Å². The highest BCUT2D eigenvalue weighted by Crippen LogP contribution is 2.33. The molecule has 1 amide bonds. The van der Waals surface area contributed by atoms with Gasteiger partial charge in [0, 0.05) is 31.6 Å². The van der Waals surface area contributed by atoms with Crippen molar-refractivity contribution in [2.45, 2.75) is 33.2 Å². The van der Waals surface area contributed by atoms with E-state index >= 15 is 0 Å². The molecule has 2 heterocycles. The summed E-state index contributed by atoms with van der Waals surface area (Å²) >= 11 is 0. The first-order chi connectivity index (χ1) is 9.47. The molecule has 1 fully saturated rings. The van der Waals surface area contributed by atoms with E-state index in [1.807, 2.05) is 20.8 Å². The predicted molar refractivity (Wildman–Crippen MR) is 80.5 cm³/mol. The molecule has 3 heteroatoms. The summed E-state index contributed by atoms with van der Waals surface area (Å²) in [5.74, 6) is 0.278. The Morgan fingerprint density at radius 2 is 1.90 bits per heavy atom. The van der Waals surface area contributed by atoms with E-state index in [2.05, 4.69) is 34.1 Å². The lowest BCUT2D eigenvalue weighted by Crippen LogP contribution is -2.54. The summed E-state index contributed by atoms with van der Waals surface area (Å²) in [5, 5.41) is 0. The molecule has 1 unspecified atom stereocenters. The van der Waals surface area contributed by atoms with Gasteiger partial charge in [0.15, 0.2) is 0 Å². The molecule has 1 aromatic rings. The van der Waals surface area contributed by atoms with Crippen LogP contribution >= 0.6 is 0 Å².